The molecule has 2 aromatic carbocycles. The van der Waals surface area contributed by atoms with Crippen LogP contribution >= 0.6 is 0 Å². The minimum atomic E-state index is -0.529. The molecule has 0 heterocycles. The molecule has 0 unspecified atom stereocenters. The van der Waals surface area contributed by atoms with Crippen LogP contribution in [0.15, 0.2) is 36.4 Å². The first-order chi connectivity index (χ1) is 9.90. The Labute approximate surface area is 124 Å². The molecule has 110 valence electrons. The van der Waals surface area contributed by atoms with Gasteiger partial charge < -0.3 is 4.74 Å². The first kappa shape index (κ1) is 15.2. The zero-order valence-electron chi connectivity index (χ0n) is 12.7. The van der Waals surface area contributed by atoms with Gasteiger partial charge in [0.15, 0.2) is 17.3 Å². The van der Waals surface area contributed by atoms with Crippen molar-refractivity contribution in [2.75, 3.05) is 0 Å². The molecule has 0 saturated heterocycles. The van der Waals surface area contributed by atoms with Crippen LogP contribution in [0.4, 0.5) is 4.39 Å². The average Bonchev–Trinajstić information content (AvgIpc) is 2.40. The Kier molecular flexibility index (Phi) is 4.41. The van der Waals surface area contributed by atoms with Gasteiger partial charge in [-0.05, 0) is 49.1 Å². The molecule has 0 fully saturated rings. The Morgan fingerprint density at radius 3 is 2.52 bits per heavy atom. The Balaban J connectivity index is 2.53. The Hall–Kier alpha value is -2.16. The van der Waals surface area contributed by atoms with Crippen molar-refractivity contribution in [3.8, 4) is 11.5 Å². The fourth-order valence-corrected chi connectivity index (χ4v) is 2.21. The molecule has 3 heteroatoms. The zero-order valence-corrected chi connectivity index (χ0v) is 12.7. The van der Waals surface area contributed by atoms with Gasteiger partial charge in [-0.15, -0.1) is 0 Å². The van der Waals surface area contributed by atoms with Crippen LogP contribution in [0.2, 0.25) is 0 Å². The normalized spacial score (nSPS) is 10.8. The van der Waals surface area contributed by atoms with E-state index in [4.69, 9.17) is 4.74 Å². The predicted molar refractivity (Wildman–Crippen MR) is 81.7 cm³/mol. The van der Waals surface area contributed by atoms with Crippen LogP contribution < -0.4 is 4.74 Å². The molecule has 0 saturated carbocycles. The van der Waals surface area contributed by atoms with E-state index < -0.39 is 5.82 Å². The maximum absolute atomic E-state index is 14.1. The van der Waals surface area contributed by atoms with Gasteiger partial charge in [0.2, 0.25) is 0 Å². The van der Waals surface area contributed by atoms with Crippen molar-refractivity contribution in [2.24, 2.45) is 0 Å². The van der Waals surface area contributed by atoms with Gasteiger partial charge in [0.05, 0.1) is 5.56 Å². The highest BCUT2D eigenvalue weighted by atomic mass is 19.1. The number of ketones is 1. The van der Waals surface area contributed by atoms with Gasteiger partial charge >= 0.3 is 0 Å². The third-order valence-corrected chi connectivity index (χ3v) is 3.35. The molecular formula is C18H19FO2. The maximum atomic E-state index is 14.1. The molecule has 2 nitrogen and oxygen atoms in total. The minimum absolute atomic E-state index is 0.00231. The van der Waals surface area contributed by atoms with Crippen LogP contribution in [-0.2, 0) is 0 Å². The first-order valence-corrected chi connectivity index (χ1v) is 6.98. The van der Waals surface area contributed by atoms with Crippen LogP contribution in [-0.4, -0.2) is 5.78 Å². The quantitative estimate of drug-likeness (QED) is 0.717. The number of rotatable bonds is 4. The first-order valence-electron chi connectivity index (χ1n) is 6.98. The monoisotopic (exact) mass is 286 g/mol. The van der Waals surface area contributed by atoms with Gasteiger partial charge in [-0.2, -0.15) is 0 Å². The fourth-order valence-electron chi connectivity index (χ4n) is 2.21. The highest BCUT2D eigenvalue weighted by Gasteiger charge is 2.17. The molecule has 0 aromatic heterocycles. The molecule has 0 N–H and O–H groups in total. The molecule has 0 amide bonds. The lowest BCUT2D eigenvalue weighted by molar-refractivity contribution is 0.101. The average molecular weight is 286 g/mol. The summed E-state index contributed by atoms with van der Waals surface area (Å²) in [5.41, 5.74) is 2.26. The van der Waals surface area contributed by atoms with E-state index in [1.807, 2.05) is 39.0 Å². The van der Waals surface area contributed by atoms with E-state index in [1.165, 1.54) is 19.1 Å². The molecule has 0 aliphatic carbocycles. The van der Waals surface area contributed by atoms with Crippen LogP contribution in [0.25, 0.3) is 0 Å². The second kappa shape index (κ2) is 6.08. The number of ether oxygens (including phenoxy) is 1. The lowest BCUT2D eigenvalue weighted by Gasteiger charge is -2.16. The van der Waals surface area contributed by atoms with E-state index in [0.717, 1.165) is 11.1 Å². The lowest BCUT2D eigenvalue weighted by Crippen LogP contribution is -2.02. The third-order valence-electron chi connectivity index (χ3n) is 3.35. The van der Waals surface area contributed by atoms with Crippen molar-refractivity contribution in [3.05, 3.63) is 58.9 Å². The standard InChI is InChI=1S/C18H19FO2/c1-11(2)14-9-8-12(3)10-17(14)21-18-15(13(4)20)6-5-7-16(18)19/h5-11H,1-4H3. The van der Waals surface area contributed by atoms with Gasteiger partial charge in [-0.1, -0.05) is 32.0 Å². The van der Waals surface area contributed by atoms with Gasteiger partial charge in [-0.25, -0.2) is 4.39 Å². The summed E-state index contributed by atoms with van der Waals surface area (Å²) in [6.07, 6.45) is 0. The van der Waals surface area contributed by atoms with E-state index in [-0.39, 0.29) is 23.0 Å². The van der Waals surface area contributed by atoms with E-state index >= 15 is 0 Å². The number of halogens is 1. The van der Waals surface area contributed by atoms with Crippen LogP contribution in [0.3, 0.4) is 0 Å². The highest BCUT2D eigenvalue weighted by molar-refractivity contribution is 5.97. The fraction of sp³-hybridized carbons (Fsp3) is 0.278. The molecule has 0 radical (unpaired) electrons. The molecule has 2 rings (SSSR count). The Morgan fingerprint density at radius 1 is 1.19 bits per heavy atom. The van der Waals surface area contributed by atoms with Crippen molar-refractivity contribution in [1.29, 1.82) is 0 Å². The van der Waals surface area contributed by atoms with Crippen molar-refractivity contribution in [2.45, 2.75) is 33.6 Å². The van der Waals surface area contributed by atoms with Gasteiger partial charge in [0.25, 0.3) is 0 Å². The zero-order chi connectivity index (χ0) is 15.6. The largest absolute Gasteiger partial charge is 0.453 e. The minimum Gasteiger partial charge on any atom is -0.453 e. The predicted octanol–water partition coefficient (Wildman–Crippen LogP) is 5.25. The van der Waals surface area contributed by atoms with Crippen molar-refractivity contribution >= 4 is 5.78 Å². The molecular weight excluding hydrogens is 267 g/mol. The molecule has 0 bridgehead atoms. The SMILES string of the molecule is CC(=O)c1cccc(F)c1Oc1cc(C)ccc1C(C)C. The summed E-state index contributed by atoms with van der Waals surface area (Å²) < 4.78 is 19.8. The molecule has 21 heavy (non-hydrogen) atoms. The van der Waals surface area contributed by atoms with Crippen molar-refractivity contribution in [1.82, 2.24) is 0 Å². The molecule has 2 aromatic rings. The van der Waals surface area contributed by atoms with E-state index in [0.29, 0.717) is 5.75 Å². The Morgan fingerprint density at radius 2 is 1.90 bits per heavy atom. The Bertz CT molecular complexity index is 675. The van der Waals surface area contributed by atoms with Gasteiger partial charge in [0, 0.05) is 0 Å². The highest BCUT2D eigenvalue weighted by Crippen LogP contribution is 2.34. The number of benzene rings is 2. The van der Waals surface area contributed by atoms with E-state index in [2.05, 4.69) is 0 Å². The summed E-state index contributed by atoms with van der Waals surface area (Å²) in [4.78, 5) is 11.6. The number of para-hydroxylation sites is 1. The number of carbonyl (C=O) groups is 1. The van der Waals surface area contributed by atoms with Crippen molar-refractivity contribution in [3.63, 3.8) is 0 Å². The van der Waals surface area contributed by atoms with E-state index in [1.54, 1.807) is 6.07 Å². The smallest absolute Gasteiger partial charge is 0.173 e. The summed E-state index contributed by atoms with van der Waals surface area (Å²) in [6.45, 7) is 7.45. The number of aryl methyl sites for hydroxylation is 1. The van der Waals surface area contributed by atoms with Gasteiger partial charge in [0.1, 0.15) is 5.75 Å². The number of Topliss-reactive ketones (excluding diaryl/α,β-unsaturated/α-hetero) is 1. The summed E-state index contributed by atoms with van der Waals surface area (Å²) >= 11 is 0. The topological polar surface area (TPSA) is 26.3 Å². The molecule has 0 aliphatic rings. The number of carbonyl (C=O) groups excluding carboxylic acids is 1. The summed E-state index contributed by atoms with van der Waals surface area (Å²) in [5, 5.41) is 0. The third kappa shape index (κ3) is 3.30. The lowest BCUT2D eigenvalue weighted by atomic mass is 10.0. The summed E-state index contributed by atoms with van der Waals surface area (Å²) in [5.74, 6) is 0.0883. The summed E-state index contributed by atoms with van der Waals surface area (Å²) in [6, 6.07) is 10.2. The molecule has 0 aliphatic heterocycles. The molecule has 0 spiro atoms. The molecule has 0 atom stereocenters. The van der Waals surface area contributed by atoms with E-state index in [9.17, 15) is 9.18 Å². The number of hydrogen-bond donors (Lipinski definition) is 0. The van der Waals surface area contributed by atoms with Crippen LogP contribution in [0.5, 0.6) is 11.5 Å². The maximum Gasteiger partial charge on any atom is 0.173 e. The van der Waals surface area contributed by atoms with Crippen molar-refractivity contribution < 1.29 is 13.9 Å². The second-order valence-electron chi connectivity index (χ2n) is 5.47. The second-order valence-corrected chi connectivity index (χ2v) is 5.47. The van der Waals surface area contributed by atoms with Gasteiger partial charge in [-0.3, -0.25) is 4.79 Å². The van der Waals surface area contributed by atoms with Crippen LogP contribution in [0.1, 0.15) is 48.2 Å². The van der Waals surface area contributed by atoms with Crippen LogP contribution in [0, 0.1) is 12.7 Å². The number of hydrogen-bond acceptors (Lipinski definition) is 2. The summed E-state index contributed by atoms with van der Waals surface area (Å²) in [7, 11) is 0.